The Labute approximate surface area is 259 Å². The fourth-order valence-corrected chi connectivity index (χ4v) is 4.38. The number of nitrogens with zero attached hydrogens (tertiary/aromatic N) is 2. The van der Waals surface area contributed by atoms with Gasteiger partial charge in [0.2, 0.25) is 11.8 Å². The van der Waals surface area contributed by atoms with Gasteiger partial charge in [0, 0.05) is 13.1 Å². The van der Waals surface area contributed by atoms with Crippen molar-refractivity contribution in [3.8, 4) is 0 Å². The second-order valence-corrected chi connectivity index (χ2v) is 11.1. The Kier molecular flexibility index (Phi) is 15.4. The number of hydrogen-bond acceptors (Lipinski definition) is 9. The lowest BCUT2D eigenvalue weighted by molar-refractivity contribution is -0.128. The van der Waals surface area contributed by atoms with Gasteiger partial charge in [-0.15, -0.1) is 0 Å². The van der Waals surface area contributed by atoms with E-state index in [2.05, 4.69) is 21.6 Å². The Morgan fingerprint density at radius 3 is 1.30 bits per heavy atom. The van der Waals surface area contributed by atoms with Crippen molar-refractivity contribution in [2.45, 2.75) is 59.0 Å². The second-order valence-electron chi connectivity index (χ2n) is 11.1. The summed E-state index contributed by atoms with van der Waals surface area (Å²) in [4.78, 5) is 64.9. The number of urea groups is 2. The molecule has 0 aliphatic rings. The number of nitrogens with one attached hydrogen (secondary N) is 4. The predicted molar refractivity (Wildman–Crippen MR) is 164 cm³/mol. The van der Waals surface area contributed by atoms with Crippen molar-refractivity contribution in [1.29, 1.82) is 0 Å². The highest BCUT2D eigenvalue weighted by atomic mass is 16.6. The van der Waals surface area contributed by atoms with Gasteiger partial charge in [-0.3, -0.25) is 20.2 Å². The van der Waals surface area contributed by atoms with E-state index in [0.717, 1.165) is 11.1 Å². The van der Waals surface area contributed by atoms with Crippen molar-refractivity contribution in [2.24, 2.45) is 11.8 Å². The van der Waals surface area contributed by atoms with E-state index in [-0.39, 0.29) is 38.0 Å². The lowest BCUT2D eigenvalue weighted by atomic mass is 10.0. The largest absolute Gasteiger partial charge is 0.389 e. The van der Waals surface area contributed by atoms with Crippen molar-refractivity contribution in [3.63, 3.8) is 0 Å². The van der Waals surface area contributed by atoms with Crippen LogP contribution in [-0.2, 0) is 32.4 Å². The molecule has 13 heteroatoms. The summed E-state index contributed by atoms with van der Waals surface area (Å²) in [6.07, 6.45) is -1.24. The molecule has 2 rings (SSSR count). The lowest BCUT2D eigenvalue weighted by Crippen LogP contribution is -2.55. The van der Waals surface area contributed by atoms with Crippen molar-refractivity contribution in [3.05, 3.63) is 71.8 Å². The summed E-state index contributed by atoms with van der Waals surface area (Å²) >= 11 is 0. The molecule has 0 saturated carbocycles. The third-order valence-corrected chi connectivity index (χ3v) is 6.72. The Bertz CT molecular complexity index is 1090. The van der Waals surface area contributed by atoms with Crippen molar-refractivity contribution in [1.82, 2.24) is 31.4 Å². The Hall–Kier alpha value is -3.88. The van der Waals surface area contributed by atoms with E-state index < -0.39 is 42.1 Å². The van der Waals surface area contributed by atoms with Gasteiger partial charge in [0.15, 0.2) is 0 Å². The second kappa shape index (κ2) is 18.7. The average molecular weight is 615 g/mol. The SMILES string of the molecule is CON[C@@H](C(=O)NC(=O)N(Cc1ccccc1)CC(O)CN(Cc1ccccc1)C(=O)NC(=O)[C@H](NOC)C(C)C)C(C)C. The van der Waals surface area contributed by atoms with E-state index in [1.54, 1.807) is 27.7 Å². The Morgan fingerprint density at radius 2 is 1.00 bits per heavy atom. The summed E-state index contributed by atoms with van der Waals surface area (Å²) in [7, 11) is 2.76. The first-order valence-corrected chi connectivity index (χ1v) is 14.5. The van der Waals surface area contributed by atoms with Crippen LogP contribution in [0.2, 0.25) is 0 Å². The number of hydroxylamine groups is 2. The van der Waals surface area contributed by atoms with Crippen LogP contribution in [0.3, 0.4) is 0 Å². The van der Waals surface area contributed by atoms with E-state index in [9.17, 15) is 24.3 Å². The highest BCUT2D eigenvalue weighted by molar-refractivity contribution is 5.97. The van der Waals surface area contributed by atoms with Crippen LogP contribution in [0, 0.1) is 11.8 Å². The summed E-state index contributed by atoms with van der Waals surface area (Å²) in [6, 6.07) is 15.2. The van der Waals surface area contributed by atoms with Crippen LogP contribution in [0.15, 0.2) is 60.7 Å². The zero-order valence-corrected chi connectivity index (χ0v) is 26.3. The third kappa shape index (κ3) is 12.0. The van der Waals surface area contributed by atoms with Gasteiger partial charge < -0.3 is 24.6 Å². The van der Waals surface area contributed by atoms with Crippen molar-refractivity contribution >= 4 is 23.9 Å². The molecule has 0 spiro atoms. The molecule has 0 unspecified atom stereocenters. The van der Waals surface area contributed by atoms with Crippen LogP contribution in [-0.4, -0.2) is 84.3 Å². The number of benzene rings is 2. The molecule has 13 nitrogen and oxygen atoms in total. The van der Waals surface area contributed by atoms with Gasteiger partial charge in [-0.25, -0.2) is 9.59 Å². The van der Waals surface area contributed by atoms with Gasteiger partial charge in [-0.1, -0.05) is 88.4 Å². The summed E-state index contributed by atoms with van der Waals surface area (Å²) in [5, 5.41) is 16.0. The molecule has 6 amide bonds. The van der Waals surface area contributed by atoms with Crippen LogP contribution in [0.1, 0.15) is 38.8 Å². The molecule has 5 N–H and O–H groups in total. The van der Waals surface area contributed by atoms with Gasteiger partial charge in [0.25, 0.3) is 0 Å². The van der Waals surface area contributed by atoms with Crippen molar-refractivity contribution in [2.75, 3.05) is 27.3 Å². The molecule has 242 valence electrons. The number of carbonyl (C=O) groups excluding carboxylic acids is 4. The molecule has 0 radical (unpaired) electrons. The summed E-state index contributed by atoms with van der Waals surface area (Å²) in [5.74, 6) is -1.55. The summed E-state index contributed by atoms with van der Waals surface area (Å²) in [6.45, 7) is 6.95. The number of imide groups is 2. The summed E-state index contributed by atoms with van der Waals surface area (Å²) < 4.78 is 0. The molecule has 0 saturated heterocycles. The normalized spacial score (nSPS) is 12.6. The average Bonchev–Trinajstić information content (AvgIpc) is 2.98. The molecule has 2 atom stereocenters. The van der Waals surface area contributed by atoms with E-state index in [1.807, 2.05) is 60.7 Å². The monoisotopic (exact) mass is 614 g/mol. The first-order valence-electron chi connectivity index (χ1n) is 14.5. The molecule has 0 heterocycles. The molecule has 2 aromatic rings. The number of aliphatic hydroxyl groups excluding tert-OH is 1. The molecular formula is C31H46N6O7. The maximum Gasteiger partial charge on any atom is 0.324 e. The van der Waals surface area contributed by atoms with Crippen LogP contribution < -0.4 is 21.6 Å². The van der Waals surface area contributed by atoms with Crippen LogP contribution in [0.5, 0.6) is 0 Å². The number of rotatable bonds is 16. The van der Waals surface area contributed by atoms with E-state index >= 15 is 0 Å². The number of amides is 6. The lowest BCUT2D eigenvalue weighted by Gasteiger charge is -2.30. The quantitative estimate of drug-likeness (QED) is 0.179. The van der Waals surface area contributed by atoms with Crippen molar-refractivity contribution < 1.29 is 34.0 Å². The minimum atomic E-state index is -1.24. The van der Waals surface area contributed by atoms with Gasteiger partial charge in [0.05, 0.1) is 33.4 Å². The van der Waals surface area contributed by atoms with Gasteiger partial charge >= 0.3 is 12.1 Å². The standard InChI is InChI=1S/C31H46N6O7/c1-21(2)26(34-43-5)28(39)32-30(41)36(17-23-13-9-7-10-14-23)19-25(38)20-37(18-24-15-11-8-12-16-24)31(42)33-29(40)27(22(3)4)35-44-6/h7-16,21-22,25-27,34-35,38H,17-20H2,1-6H3,(H,32,39,41)(H,33,40,42)/t26-,27-/m1/s1. The Balaban J connectivity index is 2.25. The highest BCUT2D eigenvalue weighted by Crippen LogP contribution is 2.11. The molecule has 0 aliphatic heterocycles. The first kappa shape index (κ1) is 36.3. The number of carbonyl (C=O) groups is 4. The fraction of sp³-hybridized carbons (Fsp3) is 0.484. The topological polar surface area (TPSA) is 162 Å². The summed E-state index contributed by atoms with van der Waals surface area (Å²) in [5.41, 5.74) is 6.73. The van der Waals surface area contributed by atoms with Crippen LogP contribution in [0.4, 0.5) is 9.59 Å². The van der Waals surface area contributed by atoms with Gasteiger partial charge in [-0.2, -0.15) is 11.0 Å². The molecule has 0 aromatic heterocycles. The minimum absolute atomic E-state index is 0.0865. The molecule has 44 heavy (non-hydrogen) atoms. The highest BCUT2D eigenvalue weighted by Gasteiger charge is 2.29. The molecule has 0 fully saturated rings. The fourth-order valence-electron chi connectivity index (χ4n) is 4.38. The van der Waals surface area contributed by atoms with E-state index in [4.69, 9.17) is 9.68 Å². The van der Waals surface area contributed by atoms with Gasteiger partial charge in [0.1, 0.15) is 12.1 Å². The smallest absolute Gasteiger partial charge is 0.324 e. The van der Waals surface area contributed by atoms with Crippen LogP contribution in [0.25, 0.3) is 0 Å². The van der Waals surface area contributed by atoms with E-state index in [1.165, 1.54) is 24.0 Å². The Morgan fingerprint density at radius 1 is 0.659 bits per heavy atom. The number of aliphatic hydroxyl groups is 1. The first-order chi connectivity index (χ1) is 21.0. The maximum absolute atomic E-state index is 13.3. The minimum Gasteiger partial charge on any atom is -0.389 e. The van der Waals surface area contributed by atoms with Crippen LogP contribution >= 0.6 is 0 Å². The molecule has 0 bridgehead atoms. The molecule has 0 aliphatic carbocycles. The molecule has 2 aromatic carbocycles. The third-order valence-electron chi connectivity index (χ3n) is 6.72. The predicted octanol–water partition coefficient (Wildman–Crippen LogP) is 2.18. The van der Waals surface area contributed by atoms with Gasteiger partial charge in [-0.05, 0) is 23.0 Å². The number of hydrogen-bond donors (Lipinski definition) is 5. The zero-order valence-electron chi connectivity index (χ0n) is 26.3. The zero-order chi connectivity index (χ0) is 32.6. The molecular weight excluding hydrogens is 568 g/mol. The maximum atomic E-state index is 13.3. The van der Waals surface area contributed by atoms with E-state index in [0.29, 0.717) is 0 Å².